The first kappa shape index (κ1) is 16.0. The molecule has 2 heterocycles. The number of rotatable bonds is 4. The molecule has 1 saturated heterocycles. The van der Waals surface area contributed by atoms with Crippen LogP contribution >= 0.6 is 11.3 Å². The lowest BCUT2D eigenvalue weighted by Gasteiger charge is -2.21. The molecule has 7 heteroatoms. The Morgan fingerprint density at radius 1 is 1.62 bits per heavy atom. The lowest BCUT2D eigenvalue weighted by Crippen LogP contribution is -2.35. The van der Waals surface area contributed by atoms with Gasteiger partial charge in [0.25, 0.3) is 5.91 Å². The van der Waals surface area contributed by atoms with E-state index in [0.717, 1.165) is 24.5 Å². The van der Waals surface area contributed by atoms with Crippen molar-refractivity contribution in [2.24, 2.45) is 0 Å². The van der Waals surface area contributed by atoms with Gasteiger partial charge in [0.05, 0.1) is 6.10 Å². The van der Waals surface area contributed by atoms with E-state index in [9.17, 15) is 4.79 Å². The molecule has 1 aliphatic rings. The fraction of sp³-hybridized carbons (Fsp3) is 0.714. The van der Waals surface area contributed by atoms with Crippen molar-refractivity contribution in [3.05, 3.63) is 4.88 Å². The van der Waals surface area contributed by atoms with Gasteiger partial charge in [-0.2, -0.15) is 0 Å². The summed E-state index contributed by atoms with van der Waals surface area (Å²) in [6.07, 6.45) is 1.95. The van der Waals surface area contributed by atoms with Crippen LogP contribution in [-0.4, -0.2) is 55.2 Å². The number of nitrogens with two attached hydrogens (primary N) is 1. The molecule has 118 valence electrons. The number of nitrogens with zero attached hydrogens (tertiary/aromatic N) is 3. The molecule has 1 atom stereocenters. The minimum atomic E-state index is -0.0292. The van der Waals surface area contributed by atoms with Crippen LogP contribution in [0.4, 0.5) is 10.9 Å². The van der Waals surface area contributed by atoms with Gasteiger partial charge in [0, 0.05) is 33.3 Å². The quantitative estimate of drug-likeness (QED) is 0.918. The zero-order chi connectivity index (χ0) is 15.4. The van der Waals surface area contributed by atoms with Gasteiger partial charge in [-0.25, -0.2) is 4.98 Å². The summed E-state index contributed by atoms with van der Waals surface area (Å²) in [5, 5.41) is 0.803. The summed E-state index contributed by atoms with van der Waals surface area (Å²) >= 11 is 1.38. The summed E-state index contributed by atoms with van der Waals surface area (Å²) in [6, 6.07) is 0. The lowest BCUT2D eigenvalue weighted by molar-refractivity contribution is 0.0566. The molecule has 0 aromatic carbocycles. The van der Waals surface area contributed by atoms with Gasteiger partial charge in [0.2, 0.25) is 0 Å². The summed E-state index contributed by atoms with van der Waals surface area (Å²) in [7, 11) is 1.97. The normalized spacial score (nSPS) is 19.4. The van der Waals surface area contributed by atoms with Crippen LogP contribution in [0.5, 0.6) is 0 Å². The van der Waals surface area contributed by atoms with Gasteiger partial charge in [-0.15, -0.1) is 0 Å². The van der Waals surface area contributed by atoms with E-state index in [0.29, 0.717) is 30.4 Å². The van der Waals surface area contributed by atoms with Crippen LogP contribution in [0.25, 0.3) is 0 Å². The third kappa shape index (κ3) is 3.85. The number of ether oxygens (including phenoxy) is 1. The molecule has 0 radical (unpaired) electrons. The number of amides is 1. The topological polar surface area (TPSA) is 71.7 Å². The molecular formula is C14H24N4O2S. The van der Waals surface area contributed by atoms with Crippen LogP contribution < -0.4 is 10.6 Å². The van der Waals surface area contributed by atoms with Crippen molar-refractivity contribution in [1.82, 2.24) is 9.88 Å². The van der Waals surface area contributed by atoms with Crippen molar-refractivity contribution in [3.63, 3.8) is 0 Å². The van der Waals surface area contributed by atoms with Crippen molar-refractivity contribution in [1.29, 1.82) is 0 Å². The Hall–Kier alpha value is -1.34. The van der Waals surface area contributed by atoms with Crippen LogP contribution in [0.15, 0.2) is 0 Å². The Bertz CT molecular complexity index is 491. The fourth-order valence-corrected chi connectivity index (χ4v) is 3.33. The Morgan fingerprint density at radius 2 is 2.38 bits per heavy atom. The maximum atomic E-state index is 12.7. The molecule has 0 bridgehead atoms. The molecule has 1 aromatic heterocycles. The van der Waals surface area contributed by atoms with E-state index in [-0.39, 0.29) is 12.0 Å². The van der Waals surface area contributed by atoms with E-state index in [1.165, 1.54) is 11.3 Å². The summed E-state index contributed by atoms with van der Waals surface area (Å²) in [5.74, 6) is 0.305. The number of hydrogen-bond acceptors (Lipinski definition) is 6. The minimum Gasteiger partial charge on any atom is -0.382 e. The standard InChI is InChI=1S/C14H24N4O2S/c1-4-6-17(3)14-16-12(15)11(21-14)13(19)18-7-5-8-20-10(2)9-18/h10H,4-9,15H2,1-3H3. The monoisotopic (exact) mass is 312 g/mol. The van der Waals surface area contributed by atoms with Crippen molar-refractivity contribution < 1.29 is 9.53 Å². The summed E-state index contributed by atoms with van der Waals surface area (Å²) in [5.41, 5.74) is 5.95. The summed E-state index contributed by atoms with van der Waals surface area (Å²) in [6.45, 7) is 7.01. The van der Waals surface area contributed by atoms with E-state index in [2.05, 4.69) is 11.9 Å². The predicted octanol–water partition coefficient (Wildman–Crippen LogP) is 1.82. The van der Waals surface area contributed by atoms with Crippen LogP contribution in [0.1, 0.15) is 36.4 Å². The van der Waals surface area contributed by atoms with Crippen LogP contribution in [-0.2, 0) is 4.74 Å². The van der Waals surface area contributed by atoms with Gasteiger partial charge in [0.15, 0.2) is 5.13 Å². The molecule has 0 spiro atoms. The van der Waals surface area contributed by atoms with E-state index >= 15 is 0 Å². The number of carbonyl (C=O) groups is 1. The highest BCUT2D eigenvalue weighted by Gasteiger charge is 2.25. The highest BCUT2D eigenvalue weighted by molar-refractivity contribution is 7.18. The molecule has 1 aliphatic heterocycles. The average molecular weight is 312 g/mol. The number of thiazole rings is 1. The van der Waals surface area contributed by atoms with E-state index in [4.69, 9.17) is 10.5 Å². The van der Waals surface area contributed by atoms with Crippen LogP contribution in [0.2, 0.25) is 0 Å². The molecule has 6 nitrogen and oxygen atoms in total. The van der Waals surface area contributed by atoms with Gasteiger partial charge in [-0.05, 0) is 19.8 Å². The second kappa shape index (κ2) is 7.09. The number of aromatic nitrogens is 1. The lowest BCUT2D eigenvalue weighted by atomic mass is 10.3. The maximum absolute atomic E-state index is 12.7. The van der Waals surface area contributed by atoms with Gasteiger partial charge >= 0.3 is 0 Å². The van der Waals surface area contributed by atoms with Crippen molar-refractivity contribution in [3.8, 4) is 0 Å². The zero-order valence-electron chi connectivity index (χ0n) is 13.0. The first-order valence-corrected chi connectivity index (χ1v) is 8.22. The third-order valence-electron chi connectivity index (χ3n) is 3.46. The molecule has 1 amide bonds. The molecule has 2 N–H and O–H groups in total. The first-order valence-electron chi connectivity index (χ1n) is 7.41. The largest absolute Gasteiger partial charge is 0.382 e. The van der Waals surface area contributed by atoms with Crippen molar-refractivity contribution in [2.75, 3.05) is 43.9 Å². The number of hydrogen-bond donors (Lipinski definition) is 1. The van der Waals surface area contributed by atoms with E-state index < -0.39 is 0 Å². The van der Waals surface area contributed by atoms with Crippen LogP contribution in [0, 0.1) is 0 Å². The minimum absolute atomic E-state index is 0.0292. The highest BCUT2D eigenvalue weighted by atomic mass is 32.1. The first-order chi connectivity index (χ1) is 10.0. The average Bonchev–Trinajstić information content (AvgIpc) is 2.70. The van der Waals surface area contributed by atoms with Crippen molar-refractivity contribution >= 4 is 28.2 Å². The molecule has 0 saturated carbocycles. The molecule has 1 aromatic rings. The third-order valence-corrected chi connectivity index (χ3v) is 4.63. The number of nitrogen functional groups attached to an aromatic ring is 1. The van der Waals surface area contributed by atoms with E-state index in [1.807, 2.05) is 23.8 Å². The van der Waals surface area contributed by atoms with Gasteiger partial charge in [-0.3, -0.25) is 4.79 Å². The molecule has 2 rings (SSSR count). The van der Waals surface area contributed by atoms with Crippen molar-refractivity contribution in [2.45, 2.75) is 32.8 Å². The summed E-state index contributed by atoms with van der Waals surface area (Å²) < 4.78 is 5.58. The Labute approximate surface area is 129 Å². The van der Waals surface area contributed by atoms with Crippen LogP contribution in [0.3, 0.4) is 0 Å². The molecule has 1 fully saturated rings. The van der Waals surface area contributed by atoms with E-state index in [1.54, 1.807) is 0 Å². The zero-order valence-corrected chi connectivity index (χ0v) is 13.8. The second-order valence-electron chi connectivity index (χ2n) is 5.42. The molecule has 1 unspecified atom stereocenters. The second-order valence-corrected chi connectivity index (χ2v) is 6.40. The number of carbonyl (C=O) groups excluding carboxylic acids is 1. The Morgan fingerprint density at radius 3 is 3.10 bits per heavy atom. The highest BCUT2D eigenvalue weighted by Crippen LogP contribution is 2.29. The molecular weight excluding hydrogens is 288 g/mol. The van der Waals surface area contributed by atoms with Gasteiger partial charge in [0.1, 0.15) is 10.7 Å². The summed E-state index contributed by atoms with van der Waals surface area (Å²) in [4.78, 5) is 21.4. The SMILES string of the molecule is CCCN(C)c1nc(N)c(C(=O)N2CCCOC(C)C2)s1. The maximum Gasteiger partial charge on any atom is 0.267 e. The fourth-order valence-electron chi connectivity index (χ4n) is 2.39. The van der Waals surface area contributed by atoms with Gasteiger partial charge in [-0.1, -0.05) is 18.3 Å². The molecule has 21 heavy (non-hydrogen) atoms. The number of anilines is 2. The smallest absolute Gasteiger partial charge is 0.267 e. The molecule has 0 aliphatic carbocycles. The Balaban J connectivity index is 2.14. The Kier molecular flexibility index (Phi) is 5.41. The van der Waals surface area contributed by atoms with Gasteiger partial charge < -0.3 is 20.3 Å². The predicted molar refractivity (Wildman–Crippen MR) is 86.0 cm³/mol.